The summed E-state index contributed by atoms with van der Waals surface area (Å²) in [6.45, 7) is 13.6. The van der Waals surface area contributed by atoms with Crippen LogP contribution in [0.5, 0.6) is 0 Å². The van der Waals surface area contributed by atoms with Crippen LogP contribution in [-0.4, -0.2) is 20.7 Å². The summed E-state index contributed by atoms with van der Waals surface area (Å²) in [5.74, 6) is -3.43. The van der Waals surface area contributed by atoms with E-state index in [9.17, 15) is 4.79 Å². The van der Waals surface area contributed by atoms with Crippen LogP contribution in [-0.2, 0) is 10.7 Å². The van der Waals surface area contributed by atoms with Gasteiger partial charge in [0.15, 0.2) is 0 Å². The Bertz CT molecular complexity index is 1000. The van der Waals surface area contributed by atoms with Gasteiger partial charge in [-0.25, -0.2) is 0 Å². The number of aromatic nitrogens is 3. The Morgan fingerprint density at radius 3 is 2.52 bits per heavy atom. The summed E-state index contributed by atoms with van der Waals surface area (Å²) >= 11 is 0. The van der Waals surface area contributed by atoms with Crippen molar-refractivity contribution in [3.63, 3.8) is 0 Å². The maximum absolute atomic E-state index is 15.2. The third-order valence-electron chi connectivity index (χ3n) is 6.05. The van der Waals surface area contributed by atoms with Crippen molar-refractivity contribution in [1.82, 2.24) is 14.8 Å². The van der Waals surface area contributed by atoms with E-state index in [-0.39, 0.29) is 41.9 Å². The number of carbonyl (C=O) groups excluding carboxylic acids is 1. The van der Waals surface area contributed by atoms with Gasteiger partial charge in [-0.1, -0.05) is 44.5 Å². The Balaban J connectivity index is 1.84. The fraction of sp³-hybridized carbons (Fsp3) is 0.577. The van der Waals surface area contributed by atoms with E-state index < -0.39 is 5.92 Å². The number of nitrogens with one attached hydrogen (secondary N) is 1. The first-order valence-corrected chi connectivity index (χ1v) is 11.7. The molecule has 1 amide bonds. The Morgan fingerprint density at radius 2 is 1.94 bits per heavy atom. The van der Waals surface area contributed by atoms with Crippen LogP contribution in [0, 0.1) is 19.3 Å². The minimum absolute atomic E-state index is 0.0276. The lowest BCUT2D eigenvalue weighted by Crippen LogP contribution is -2.24. The number of amides is 1. The molecule has 180 valence electrons. The highest BCUT2D eigenvalue weighted by molar-refractivity contribution is 5.92. The van der Waals surface area contributed by atoms with Crippen molar-refractivity contribution in [1.29, 1.82) is 0 Å². The third kappa shape index (κ3) is 6.49. The minimum atomic E-state index is -3.07. The lowest BCUT2D eigenvalue weighted by atomic mass is 9.89. The highest BCUT2D eigenvalue weighted by Crippen LogP contribution is 2.44. The van der Waals surface area contributed by atoms with E-state index in [1.54, 1.807) is 10.6 Å². The molecule has 0 radical (unpaired) electrons. The number of halogens is 2. The van der Waals surface area contributed by atoms with Crippen molar-refractivity contribution in [3.05, 3.63) is 53.6 Å². The molecule has 5 nitrogen and oxygen atoms in total. The Labute approximate surface area is 195 Å². The monoisotopic (exact) mass is 458 g/mol. The molecule has 1 N–H and O–H groups in total. The van der Waals surface area contributed by atoms with Gasteiger partial charge in [-0.3, -0.25) is 4.79 Å². The summed E-state index contributed by atoms with van der Waals surface area (Å²) in [5.41, 5.74) is 2.65. The predicted octanol–water partition coefficient (Wildman–Crippen LogP) is 6.84. The molecule has 0 bridgehead atoms. The molecular formula is C26H36F2N4O. The molecule has 1 aliphatic carbocycles. The van der Waals surface area contributed by atoms with Gasteiger partial charge in [0.25, 0.3) is 0 Å². The van der Waals surface area contributed by atoms with E-state index in [4.69, 9.17) is 0 Å². The molecule has 3 rings (SSSR count). The third-order valence-corrected chi connectivity index (χ3v) is 6.05. The number of hydrogen-bond acceptors (Lipinski definition) is 3. The van der Waals surface area contributed by atoms with E-state index in [1.807, 2.05) is 52.8 Å². The smallest absolute Gasteiger partial charge is 0.306 e. The van der Waals surface area contributed by atoms with Crippen molar-refractivity contribution in [2.24, 2.45) is 5.41 Å². The maximum Gasteiger partial charge on any atom is 0.306 e. The summed E-state index contributed by atoms with van der Waals surface area (Å²) in [4.78, 5) is 12.9. The molecule has 1 atom stereocenters. The van der Waals surface area contributed by atoms with Gasteiger partial charge in [0.05, 0.1) is 0 Å². The molecule has 0 spiro atoms. The van der Waals surface area contributed by atoms with Crippen LogP contribution in [0.25, 0.3) is 0 Å². The number of carbonyl (C=O) groups is 1. The number of rotatable bonds is 10. The highest BCUT2D eigenvalue weighted by Gasteiger charge is 2.43. The normalized spacial score (nSPS) is 15.4. The number of aryl methyl sites for hydroxylation is 2. The van der Waals surface area contributed by atoms with Gasteiger partial charge in [-0.05, 0) is 56.6 Å². The Morgan fingerprint density at radius 1 is 1.24 bits per heavy atom. The Kier molecular flexibility index (Phi) is 7.39. The summed E-state index contributed by atoms with van der Waals surface area (Å²) < 4.78 is 32.0. The molecule has 33 heavy (non-hydrogen) atoms. The second kappa shape index (κ2) is 9.74. The van der Waals surface area contributed by atoms with Crippen molar-refractivity contribution in [3.8, 4) is 0 Å². The fourth-order valence-electron chi connectivity index (χ4n) is 4.03. The molecule has 0 saturated heterocycles. The quantitative estimate of drug-likeness (QED) is 0.397. The fourth-order valence-corrected chi connectivity index (χ4v) is 4.03. The van der Waals surface area contributed by atoms with Crippen LogP contribution in [0.1, 0.15) is 94.0 Å². The van der Waals surface area contributed by atoms with Crippen LogP contribution in [0.4, 0.5) is 14.5 Å². The lowest BCUT2D eigenvalue weighted by molar-refractivity contribution is -0.116. The number of allylic oxidation sites excluding steroid dienone is 1. The molecule has 1 heterocycles. The molecule has 2 aromatic rings. The van der Waals surface area contributed by atoms with E-state index in [2.05, 4.69) is 22.1 Å². The van der Waals surface area contributed by atoms with E-state index in [0.29, 0.717) is 18.7 Å². The number of benzene rings is 1. The molecule has 1 aromatic carbocycles. The zero-order valence-corrected chi connectivity index (χ0v) is 20.4. The van der Waals surface area contributed by atoms with Crippen LogP contribution in [0.2, 0.25) is 0 Å². The molecule has 1 saturated carbocycles. The molecule has 1 fully saturated rings. The van der Waals surface area contributed by atoms with E-state index in [0.717, 1.165) is 29.7 Å². The second-order valence-electron chi connectivity index (χ2n) is 10.5. The second-order valence-corrected chi connectivity index (χ2v) is 10.5. The first kappa shape index (κ1) is 25.1. The van der Waals surface area contributed by atoms with Gasteiger partial charge in [-0.2, -0.15) is 8.78 Å². The number of alkyl halides is 2. The molecule has 0 aliphatic heterocycles. The first-order chi connectivity index (χ1) is 15.4. The van der Waals surface area contributed by atoms with Crippen molar-refractivity contribution in [2.75, 3.05) is 5.32 Å². The first-order valence-electron chi connectivity index (χ1n) is 11.7. The average Bonchev–Trinajstić information content (AvgIpc) is 3.45. The maximum atomic E-state index is 15.2. The summed E-state index contributed by atoms with van der Waals surface area (Å²) in [7, 11) is 0. The summed E-state index contributed by atoms with van der Waals surface area (Å²) in [5, 5.41) is 11.1. The lowest BCUT2D eigenvalue weighted by Gasteiger charge is -2.24. The van der Waals surface area contributed by atoms with Crippen LogP contribution in [0.3, 0.4) is 0 Å². The van der Waals surface area contributed by atoms with Gasteiger partial charge in [0.2, 0.25) is 11.7 Å². The molecular weight excluding hydrogens is 422 g/mol. The summed E-state index contributed by atoms with van der Waals surface area (Å²) in [6.07, 6.45) is 4.03. The SMILES string of the molecule is C=CCC(CC(=O)Nc1ccc(C)cc1C)c1nnc(C(F)(F)CCC(C)(C)C)n1C1CC1. The van der Waals surface area contributed by atoms with E-state index >= 15 is 8.78 Å². The van der Waals surface area contributed by atoms with Gasteiger partial charge in [-0.15, -0.1) is 16.8 Å². The Hall–Kier alpha value is -2.57. The summed E-state index contributed by atoms with van der Waals surface area (Å²) in [6, 6.07) is 5.80. The van der Waals surface area contributed by atoms with Gasteiger partial charge < -0.3 is 9.88 Å². The number of anilines is 1. The molecule has 1 aromatic heterocycles. The highest BCUT2D eigenvalue weighted by atomic mass is 19.3. The van der Waals surface area contributed by atoms with Crippen LogP contribution in [0.15, 0.2) is 30.9 Å². The topological polar surface area (TPSA) is 59.8 Å². The van der Waals surface area contributed by atoms with Crippen molar-refractivity contribution < 1.29 is 13.6 Å². The van der Waals surface area contributed by atoms with Crippen LogP contribution < -0.4 is 5.32 Å². The van der Waals surface area contributed by atoms with Gasteiger partial charge in [0, 0.05) is 30.5 Å². The van der Waals surface area contributed by atoms with E-state index in [1.165, 1.54) is 0 Å². The van der Waals surface area contributed by atoms with Gasteiger partial charge >= 0.3 is 5.92 Å². The minimum Gasteiger partial charge on any atom is -0.326 e. The van der Waals surface area contributed by atoms with Gasteiger partial charge in [0.1, 0.15) is 5.82 Å². The zero-order chi connectivity index (χ0) is 24.4. The standard InChI is InChI=1S/C26H36F2N4O/c1-7-8-19(16-22(33)29-21-12-9-17(2)15-18(21)3)23-30-31-24(32(23)20-10-11-20)26(27,28)14-13-25(4,5)6/h7,9,12,15,19-20H,1,8,10-11,13-14,16H2,2-6H3,(H,29,33). The number of nitrogens with zero attached hydrogens (tertiary/aromatic N) is 3. The zero-order valence-electron chi connectivity index (χ0n) is 20.4. The largest absolute Gasteiger partial charge is 0.326 e. The van der Waals surface area contributed by atoms with Crippen molar-refractivity contribution in [2.45, 2.75) is 91.0 Å². The average molecular weight is 459 g/mol. The number of hydrogen-bond donors (Lipinski definition) is 1. The molecule has 1 unspecified atom stereocenters. The van der Waals surface area contributed by atoms with Crippen molar-refractivity contribution >= 4 is 11.6 Å². The molecule has 7 heteroatoms. The van der Waals surface area contributed by atoms with Crippen LogP contribution >= 0.6 is 0 Å². The molecule has 1 aliphatic rings. The predicted molar refractivity (Wildman–Crippen MR) is 128 cm³/mol.